The molecule has 1 aromatic carbocycles. The molecule has 0 atom stereocenters. The van der Waals surface area contributed by atoms with Crippen LogP contribution >= 0.6 is 15.9 Å². The summed E-state index contributed by atoms with van der Waals surface area (Å²) in [5.74, 6) is 0.677. The molecule has 158 valence electrons. The van der Waals surface area contributed by atoms with E-state index in [0.717, 1.165) is 13.1 Å². The number of nitrogens with one attached hydrogen (secondary N) is 2. The highest BCUT2D eigenvalue weighted by molar-refractivity contribution is 9.10. The minimum atomic E-state index is -0.541. The first kappa shape index (κ1) is 22.8. The smallest absolute Gasteiger partial charge is 0.305 e. The number of carbonyl (C=O) groups excluding carboxylic acids is 2. The summed E-state index contributed by atoms with van der Waals surface area (Å²) in [6.45, 7) is 8.81. The van der Waals surface area contributed by atoms with Crippen LogP contribution in [-0.2, 0) is 6.54 Å². The van der Waals surface area contributed by atoms with Crippen molar-refractivity contribution in [3.8, 4) is 11.5 Å². The molecular weight excluding hydrogens is 442 g/mol. The number of hydrogen-bond acceptors (Lipinski definition) is 6. The number of ether oxygens (including phenoxy) is 2. The molecule has 2 rings (SSSR count). The molecule has 0 aliphatic heterocycles. The van der Waals surface area contributed by atoms with E-state index in [0.29, 0.717) is 40.4 Å². The van der Waals surface area contributed by atoms with Gasteiger partial charge in [0, 0.05) is 5.56 Å². The lowest BCUT2D eigenvalue weighted by Crippen LogP contribution is -2.41. The van der Waals surface area contributed by atoms with Crippen LogP contribution in [0.1, 0.15) is 47.4 Å². The van der Waals surface area contributed by atoms with Crippen LogP contribution in [-0.4, -0.2) is 43.5 Å². The fraction of sp³-hybridized carbons (Fsp3) is 0.400. The second-order valence-electron chi connectivity index (χ2n) is 6.06. The van der Waals surface area contributed by atoms with Crippen molar-refractivity contribution < 1.29 is 23.5 Å². The van der Waals surface area contributed by atoms with E-state index >= 15 is 0 Å². The number of methoxy groups -OCH3 is 1. The highest BCUT2D eigenvalue weighted by Crippen LogP contribution is 2.36. The van der Waals surface area contributed by atoms with E-state index in [9.17, 15) is 9.59 Å². The second kappa shape index (κ2) is 10.9. The molecule has 0 fully saturated rings. The van der Waals surface area contributed by atoms with Gasteiger partial charge in [-0.15, -0.1) is 0 Å². The summed E-state index contributed by atoms with van der Waals surface area (Å²) < 4.78 is 16.9. The van der Waals surface area contributed by atoms with Gasteiger partial charge in [0.2, 0.25) is 0 Å². The van der Waals surface area contributed by atoms with E-state index < -0.39 is 11.8 Å². The Kier molecular flexibility index (Phi) is 8.53. The van der Waals surface area contributed by atoms with E-state index in [2.05, 4.69) is 45.5 Å². The molecule has 9 heteroatoms. The van der Waals surface area contributed by atoms with Crippen molar-refractivity contribution in [3.05, 3.63) is 45.8 Å². The summed E-state index contributed by atoms with van der Waals surface area (Å²) in [4.78, 5) is 26.8. The molecule has 2 amide bonds. The van der Waals surface area contributed by atoms with Crippen LogP contribution < -0.4 is 20.3 Å². The molecule has 1 heterocycles. The molecular formula is C20H26BrN3O5. The normalized spacial score (nSPS) is 10.7. The number of nitrogens with zero attached hydrogens (tertiary/aromatic N) is 1. The topological polar surface area (TPSA) is 93.0 Å². The van der Waals surface area contributed by atoms with Gasteiger partial charge in [-0.2, -0.15) is 0 Å². The van der Waals surface area contributed by atoms with Gasteiger partial charge >= 0.3 is 5.91 Å². The van der Waals surface area contributed by atoms with E-state index in [4.69, 9.17) is 13.9 Å². The summed E-state index contributed by atoms with van der Waals surface area (Å²) in [6, 6.07) is 6.46. The van der Waals surface area contributed by atoms with Crippen molar-refractivity contribution in [2.45, 2.75) is 27.3 Å². The largest absolute Gasteiger partial charge is 0.493 e. The fourth-order valence-corrected chi connectivity index (χ4v) is 3.19. The zero-order valence-corrected chi connectivity index (χ0v) is 18.6. The Labute approximate surface area is 178 Å². The second-order valence-corrected chi connectivity index (χ2v) is 6.91. The van der Waals surface area contributed by atoms with E-state index in [1.165, 1.54) is 13.2 Å². The van der Waals surface area contributed by atoms with Gasteiger partial charge in [0.25, 0.3) is 5.91 Å². The van der Waals surface area contributed by atoms with Crippen molar-refractivity contribution in [2.24, 2.45) is 0 Å². The van der Waals surface area contributed by atoms with Gasteiger partial charge in [-0.1, -0.05) is 13.8 Å². The van der Waals surface area contributed by atoms with Crippen LogP contribution in [0, 0.1) is 0 Å². The fourth-order valence-electron chi connectivity index (χ4n) is 2.64. The first-order chi connectivity index (χ1) is 13.9. The zero-order chi connectivity index (χ0) is 21.4. The third-order valence-corrected chi connectivity index (χ3v) is 4.82. The molecule has 0 unspecified atom stereocenters. The molecule has 0 radical (unpaired) electrons. The minimum Gasteiger partial charge on any atom is -0.493 e. The number of carbonyl (C=O) groups is 2. The predicted octanol–water partition coefficient (Wildman–Crippen LogP) is 3.37. The Bertz CT molecular complexity index is 849. The quantitative estimate of drug-likeness (QED) is 0.549. The van der Waals surface area contributed by atoms with Gasteiger partial charge in [0.1, 0.15) is 5.76 Å². The Morgan fingerprint density at radius 2 is 1.79 bits per heavy atom. The molecule has 8 nitrogen and oxygen atoms in total. The Morgan fingerprint density at radius 3 is 2.41 bits per heavy atom. The van der Waals surface area contributed by atoms with Crippen molar-refractivity contribution in [2.75, 3.05) is 26.8 Å². The molecule has 0 bridgehead atoms. The van der Waals surface area contributed by atoms with Crippen LogP contribution in [0.25, 0.3) is 0 Å². The number of hydrogen-bond donors (Lipinski definition) is 2. The van der Waals surface area contributed by atoms with Gasteiger partial charge < -0.3 is 13.9 Å². The van der Waals surface area contributed by atoms with Crippen molar-refractivity contribution >= 4 is 27.7 Å². The van der Waals surface area contributed by atoms with Gasteiger partial charge in [-0.05, 0) is 60.2 Å². The van der Waals surface area contributed by atoms with Crippen LogP contribution in [0.4, 0.5) is 0 Å². The molecule has 2 aromatic rings. The number of halogens is 1. The summed E-state index contributed by atoms with van der Waals surface area (Å²) in [5.41, 5.74) is 5.02. The number of hydrazine groups is 1. The SMILES string of the molecule is CCOc1c(Br)cc(C(=O)NNC(=O)c2ccc(CN(CC)CC)o2)cc1OC. The summed E-state index contributed by atoms with van der Waals surface area (Å²) in [7, 11) is 1.49. The maximum Gasteiger partial charge on any atom is 0.305 e. The van der Waals surface area contributed by atoms with Gasteiger partial charge in [0.05, 0.1) is 24.7 Å². The van der Waals surface area contributed by atoms with Crippen LogP contribution in [0.3, 0.4) is 0 Å². The predicted molar refractivity (Wildman–Crippen MR) is 112 cm³/mol. The van der Waals surface area contributed by atoms with E-state index in [1.807, 2.05) is 6.92 Å². The van der Waals surface area contributed by atoms with Gasteiger partial charge in [0.15, 0.2) is 17.3 Å². The molecule has 0 spiro atoms. The van der Waals surface area contributed by atoms with Crippen LogP contribution in [0.15, 0.2) is 33.2 Å². The van der Waals surface area contributed by atoms with Crippen LogP contribution in [0.2, 0.25) is 0 Å². The van der Waals surface area contributed by atoms with Crippen molar-refractivity contribution in [1.82, 2.24) is 15.8 Å². The van der Waals surface area contributed by atoms with Crippen LogP contribution in [0.5, 0.6) is 11.5 Å². The molecule has 0 saturated heterocycles. The van der Waals surface area contributed by atoms with Crippen molar-refractivity contribution in [1.29, 1.82) is 0 Å². The lowest BCUT2D eigenvalue weighted by Gasteiger charge is -2.15. The summed E-state index contributed by atoms with van der Waals surface area (Å²) in [6.07, 6.45) is 0. The maximum absolute atomic E-state index is 12.4. The van der Waals surface area contributed by atoms with E-state index in [1.54, 1.807) is 18.2 Å². The first-order valence-electron chi connectivity index (χ1n) is 9.35. The summed E-state index contributed by atoms with van der Waals surface area (Å²) in [5, 5.41) is 0. The number of amides is 2. The molecule has 0 aliphatic rings. The lowest BCUT2D eigenvalue weighted by molar-refractivity contribution is 0.0828. The number of benzene rings is 1. The first-order valence-corrected chi connectivity index (χ1v) is 10.1. The number of rotatable bonds is 9. The maximum atomic E-state index is 12.4. The average molecular weight is 468 g/mol. The number of furan rings is 1. The van der Waals surface area contributed by atoms with Crippen molar-refractivity contribution in [3.63, 3.8) is 0 Å². The zero-order valence-electron chi connectivity index (χ0n) is 17.0. The Hall–Kier alpha value is -2.52. The van der Waals surface area contributed by atoms with E-state index in [-0.39, 0.29) is 5.76 Å². The molecule has 0 aliphatic carbocycles. The molecule has 2 N–H and O–H groups in total. The Morgan fingerprint density at radius 1 is 1.10 bits per heavy atom. The highest BCUT2D eigenvalue weighted by Gasteiger charge is 2.17. The van der Waals surface area contributed by atoms with Gasteiger partial charge in [-0.3, -0.25) is 25.3 Å². The molecule has 29 heavy (non-hydrogen) atoms. The minimum absolute atomic E-state index is 0.123. The monoisotopic (exact) mass is 467 g/mol. The third kappa shape index (κ3) is 5.98. The standard InChI is InChI=1S/C20H26BrN3O5/c1-5-24(6-2)12-14-8-9-16(29-14)20(26)23-22-19(25)13-10-15(21)18(28-7-3)17(11-13)27-4/h8-11H,5-7,12H2,1-4H3,(H,22,25)(H,23,26). The third-order valence-electron chi connectivity index (χ3n) is 4.23. The molecule has 0 saturated carbocycles. The molecule has 1 aromatic heterocycles. The highest BCUT2D eigenvalue weighted by atomic mass is 79.9. The Balaban J connectivity index is 2.01. The van der Waals surface area contributed by atoms with Gasteiger partial charge in [-0.25, -0.2) is 0 Å². The lowest BCUT2D eigenvalue weighted by atomic mass is 10.2. The average Bonchev–Trinajstić information content (AvgIpc) is 3.19. The summed E-state index contributed by atoms with van der Waals surface area (Å²) >= 11 is 3.37.